The third-order valence-electron chi connectivity index (χ3n) is 2.79. The van der Waals surface area contributed by atoms with E-state index in [1.54, 1.807) is 6.92 Å². The van der Waals surface area contributed by atoms with Crippen LogP contribution >= 0.6 is 0 Å². The molecule has 23 heavy (non-hydrogen) atoms. The van der Waals surface area contributed by atoms with Crippen LogP contribution in [0.2, 0.25) is 0 Å². The average molecular weight is 333 g/mol. The predicted molar refractivity (Wildman–Crippen MR) is 82.0 cm³/mol. The lowest BCUT2D eigenvalue weighted by Gasteiger charge is -2.28. The summed E-state index contributed by atoms with van der Waals surface area (Å²) >= 11 is 0. The number of esters is 3. The van der Waals surface area contributed by atoms with Crippen LogP contribution in [0, 0.1) is 5.41 Å². The molecule has 0 aliphatic carbocycles. The number of ether oxygens (including phenoxy) is 3. The van der Waals surface area contributed by atoms with Crippen molar-refractivity contribution < 1.29 is 28.6 Å². The maximum Gasteiger partial charge on any atom is 0.307 e. The van der Waals surface area contributed by atoms with Gasteiger partial charge in [0.1, 0.15) is 19.8 Å². The molecule has 134 valence electrons. The standard InChI is InChI=1S/C14H27N3O6/c1-14(8-21-11(18)2-5-15,9-22-12(19)3-6-16)10-23-13(20)4-7-17/h2-10,15-17H2,1H3. The summed E-state index contributed by atoms with van der Waals surface area (Å²) in [5, 5.41) is 0. The van der Waals surface area contributed by atoms with Crippen LogP contribution < -0.4 is 17.2 Å². The molecule has 0 bridgehead atoms. The van der Waals surface area contributed by atoms with Gasteiger partial charge in [0.25, 0.3) is 0 Å². The van der Waals surface area contributed by atoms with E-state index in [9.17, 15) is 14.4 Å². The van der Waals surface area contributed by atoms with Crippen LogP contribution in [0.15, 0.2) is 0 Å². The number of carbonyl (C=O) groups excluding carboxylic acids is 3. The molecule has 0 saturated heterocycles. The zero-order valence-corrected chi connectivity index (χ0v) is 13.5. The molecule has 6 N–H and O–H groups in total. The minimum atomic E-state index is -0.862. The molecule has 9 heteroatoms. The molecule has 0 aromatic carbocycles. The van der Waals surface area contributed by atoms with Gasteiger partial charge in [0, 0.05) is 19.6 Å². The third-order valence-corrected chi connectivity index (χ3v) is 2.79. The molecule has 0 fully saturated rings. The first-order chi connectivity index (χ1) is 10.9. The SMILES string of the molecule is CC(COC(=O)CCN)(COC(=O)CCN)COC(=O)CCN. The van der Waals surface area contributed by atoms with E-state index in [1.165, 1.54) is 0 Å². The van der Waals surface area contributed by atoms with Crippen molar-refractivity contribution in [1.82, 2.24) is 0 Å². The van der Waals surface area contributed by atoms with Crippen LogP contribution in [-0.4, -0.2) is 57.4 Å². The van der Waals surface area contributed by atoms with Crippen LogP contribution in [0.5, 0.6) is 0 Å². The van der Waals surface area contributed by atoms with E-state index in [-0.39, 0.29) is 58.7 Å². The molecule has 0 amide bonds. The largest absolute Gasteiger partial charge is 0.465 e. The summed E-state index contributed by atoms with van der Waals surface area (Å²) in [6.07, 6.45) is 0.238. The highest BCUT2D eigenvalue weighted by molar-refractivity contribution is 5.70. The average Bonchev–Trinajstić information content (AvgIpc) is 2.50. The summed E-state index contributed by atoms with van der Waals surface area (Å²) in [6, 6.07) is 0. The van der Waals surface area contributed by atoms with Gasteiger partial charge in [0.15, 0.2) is 0 Å². The summed E-state index contributed by atoms with van der Waals surface area (Å²) in [7, 11) is 0. The highest BCUT2D eigenvalue weighted by Crippen LogP contribution is 2.19. The molecule has 0 radical (unpaired) electrons. The first kappa shape index (κ1) is 21.3. The molecule has 0 atom stereocenters. The topological polar surface area (TPSA) is 157 Å². The summed E-state index contributed by atoms with van der Waals surface area (Å²) in [4.78, 5) is 34.3. The second-order valence-electron chi connectivity index (χ2n) is 5.41. The summed E-state index contributed by atoms with van der Waals surface area (Å²) in [5.74, 6) is -1.42. The van der Waals surface area contributed by atoms with Crippen LogP contribution in [-0.2, 0) is 28.6 Å². The molecule has 9 nitrogen and oxygen atoms in total. The first-order valence-corrected chi connectivity index (χ1v) is 7.44. The van der Waals surface area contributed by atoms with E-state index >= 15 is 0 Å². The molecule has 0 unspecified atom stereocenters. The first-order valence-electron chi connectivity index (χ1n) is 7.44. The van der Waals surface area contributed by atoms with Gasteiger partial charge < -0.3 is 31.4 Å². The van der Waals surface area contributed by atoms with Crippen molar-refractivity contribution in [2.45, 2.75) is 26.2 Å². The van der Waals surface area contributed by atoms with Crippen molar-refractivity contribution in [2.75, 3.05) is 39.5 Å². The Morgan fingerprint density at radius 1 is 0.696 bits per heavy atom. The monoisotopic (exact) mass is 333 g/mol. The Hall–Kier alpha value is -1.71. The number of hydrogen-bond donors (Lipinski definition) is 3. The lowest BCUT2D eigenvalue weighted by Crippen LogP contribution is -2.37. The maximum atomic E-state index is 11.4. The van der Waals surface area contributed by atoms with Crippen LogP contribution in [0.4, 0.5) is 0 Å². The Kier molecular flexibility index (Phi) is 10.9. The van der Waals surface area contributed by atoms with Gasteiger partial charge in [-0.25, -0.2) is 0 Å². The van der Waals surface area contributed by atoms with Crippen molar-refractivity contribution >= 4 is 17.9 Å². The molecule has 0 aliphatic heterocycles. The fourth-order valence-electron chi connectivity index (χ4n) is 1.46. The van der Waals surface area contributed by atoms with Crippen LogP contribution in [0.1, 0.15) is 26.2 Å². The third kappa shape index (κ3) is 10.6. The van der Waals surface area contributed by atoms with Crippen molar-refractivity contribution in [1.29, 1.82) is 0 Å². The lowest BCUT2D eigenvalue weighted by atomic mass is 9.94. The molecule has 0 aromatic rings. The molecule has 0 rings (SSSR count). The Morgan fingerprint density at radius 2 is 0.957 bits per heavy atom. The Morgan fingerprint density at radius 3 is 1.17 bits per heavy atom. The fraction of sp³-hybridized carbons (Fsp3) is 0.786. The smallest absolute Gasteiger partial charge is 0.307 e. The molecular formula is C14H27N3O6. The molecule has 0 aliphatic rings. The van der Waals surface area contributed by atoms with Gasteiger partial charge in [-0.1, -0.05) is 0 Å². The number of rotatable bonds is 12. The molecule has 0 aromatic heterocycles. The second-order valence-corrected chi connectivity index (χ2v) is 5.41. The van der Waals surface area contributed by atoms with Crippen molar-refractivity contribution in [3.63, 3.8) is 0 Å². The Labute approximate surface area is 135 Å². The van der Waals surface area contributed by atoms with Crippen LogP contribution in [0.25, 0.3) is 0 Å². The quantitative estimate of drug-likeness (QED) is 0.290. The van der Waals surface area contributed by atoms with Gasteiger partial charge in [-0.15, -0.1) is 0 Å². The zero-order valence-electron chi connectivity index (χ0n) is 13.5. The summed E-state index contributed by atoms with van der Waals surface area (Å²) in [6.45, 7) is 1.98. The predicted octanol–water partition coefficient (Wildman–Crippen LogP) is -1.33. The Bertz CT molecular complexity index is 334. The van der Waals surface area contributed by atoms with Gasteiger partial charge in [-0.2, -0.15) is 0 Å². The molecule has 0 saturated carbocycles. The Balaban J connectivity index is 4.58. The van der Waals surface area contributed by atoms with Gasteiger partial charge in [-0.3, -0.25) is 14.4 Å². The minimum absolute atomic E-state index is 0.0718. The van der Waals surface area contributed by atoms with E-state index in [4.69, 9.17) is 31.4 Å². The molecule has 0 spiro atoms. The van der Waals surface area contributed by atoms with E-state index < -0.39 is 23.3 Å². The van der Waals surface area contributed by atoms with Gasteiger partial charge >= 0.3 is 17.9 Å². The molecular weight excluding hydrogens is 306 g/mol. The van der Waals surface area contributed by atoms with Gasteiger partial charge in [0.2, 0.25) is 0 Å². The fourth-order valence-corrected chi connectivity index (χ4v) is 1.46. The highest BCUT2D eigenvalue weighted by atomic mass is 16.6. The second kappa shape index (κ2) is 11.8. The van der Waals surface area contributed by atoms with E-state index in [1.807, 2.05) is 0 Å². The summed E-state index contributed by atoms with van der Waals surface area (Å²) in [5.41, 5.74) is 14.9. The van der Waals surface area contributed by atoms with Gasteiger partial charge in [0.05, 0.1) is 24.7 Å². The van der Waals surface area contributed by atoms with Crippen molar-refractivity contribution in [3.05, 3.63) is 0 Å². The van der Waals surface area contributed by atoms with E-state index in [2.05, 4.69) is 0 Å². The lowest BCUT2D eigenvalue weighted by molar-refractivity contribution is -0.160. The van der Waals surface area contributed by atoms with E-state index in [0.29, 0.717) is 0 Å². The number of carbonyl (C=O) groups is 3. The highest BCUT2D eigenvalue weighted by Gasteiger charge is 2.30. The van der Waals surface area contributed by atoms with Crippen molar-refractivity contribution in [3.8, 4) is 0 Å². The normalized spacial score (nSPS) is 11.0. The minimum Gasteiger partial charge on any atom is -0.465 e. The number of hydrogen-bond acceptors (Lipinski definition) is 9. The molecule has 0 heterocycles. The zero-order chi connectivity index (χ0) is 17.7. The van der Waals surface area contributed by atoms with Gasteiger partial charge in [-0.05, 0) is 6.92 Å². The number of nitrogens with two attached hydrogens (primary N) is 3. The van der Waals surface area contributed by atoms with Crippen molar-refractivity contribution in [2.24, 2.45) is 22.6 Å². The maximum absolute atomic E-state index is 11.4. The van der Waals surface area contributed by atoms with E-state index in [0.717, 1.165) is 0 Å². The van der Waals surface area contributed by atoms with Crippen LogP contribution in [0.3, 0.4) is 0 Å². The summed E-state index contributed by atoms with van der Waals surface area (Å²) < 4.78 is 15.2.